The average Bonchev–Trinajstić information content (AvgIpc) is 3.41. The number of aryl methyl sites for hydroxylation is 1. The van der Waals surface area contributed by atoms with Crippen LogP contribution in [0.5, 0.6) is 0 Å². The number of rotatable bonds is 5. The molecule has 156 valence electrons. The van der Waals surface area contributed by atoms with E-state index in [9.17, 15) is 13.6 Å². The molecule has 2 aliphatic rings. The summed E-state index contributed by atoms with van der Waals surface area (Å²) in [6, 6.07) is 4.36. The number of hydrogen-bond donors (Lipinski definition) is 0. The largest absolute Gasteiger partial charge is 0.448 e. The van der Waals surface area contributed by atoms with Gasteiger partial charge in [-0.2, -0.15) is 0 Å². The Balaban J connectivity index is 1.29. The zero-order chi connectivity index (χ0) is 20.4. The summed E-state index contributed by atoms with van der Waals surface area (Å²) in [6.45, 7) is 5.65. The summed E-state index contributed by atoms with van der Waals surface area (Å²) in [5.74, 6) is 0.145. The van der Waals surface area contributed by atoms with E-state index in [4.69, 9.17) is 4.42 Å². The first-order valence-electron chi connectivity index (χ1n) is 10.4. The van der Waals surface area contributed by atoms with Crippen LogP contribution in [0.15, 0.2) is 29.0 Å². The maximum absolute atomic E-state index is 13.9. The molecule has 1 amide bonds. The molecular formula is C22H27F2N3O2. The maximum Gasteiger partial charge on any atom is 0.276 e. The van der Waals surface area contributed by atoms with Crippen molar-refractivity contribution in [3.05, 3.63) is 53.2 Å². The SMILES string of the molecule is CCc1ocnc1C(=O)N1CC[C@@H](C2CCN(Cc3cccc(F)c3F)CC2)C1. The third kappa shape index (κ3) is 4.20. The third-order valence-corrected chi connectivity index (χ3v) is 6.40. The number of piperidine rings is 1. The second kappa shape index (κ2) is 8.61. The zero-order valence-electron chi connectivity index (χ0n) is 16.7. The summed E-state index contributed by atoms with van der Waals surface area (Å²) in [5.41, 5.74) is 0.862. The fourth-order valence-electron chi connectivity index (χ4n) is 4.70. The molecule has 7 heteroatoms. The maximum atomic E-state index is 13.9. The Morgan fingerprint density at radius 3 is 2.69 bits per heavy atom. The first-order chi connectivity index (χ1) is 14.1. The van der Waals surface area contributed by atoms with Gasteiger partial charge in [-0.15, -0.1) is 0 Å². The summed E-state index contributed by atoms with van der Waals surface area (Å²) in [7, 11) is 0. The van der Waals surface area contributed by atoms with E-state index in [1.54, 1.807) is 12.1 Å². The molecule has 4 rings (SSSR count). The predicted octanol–water partition coefficient (Wildman–Crippen LogP) is 3.89. The Morgan fingerprint density at radius 2 is 1.93 bits per heavy atom. The van der Waals surface area contributed by atoms with Crippen LogP contribution in [0.1, 0.15) is 48.0 Å². The van der Waals surface area contributed by atoms with Gasteiger partial charge in [0.2, 0.25) is 0 Å². The van der Waals surface area contributed by atoms with Gasteiger partial charge in [0, 0.05) is 31.6 Å². The van der Waals surface area contributed by atoms with E-state index >= 15 is 0 Å². The van der Waals surface area contributed by atoms with E-state index < -0.39 is 11.6 Å². The van der Waals surface area contributed by atoms with Crippen LogP contribution in [0.2, 0.25) is 0 Å². The topological polar surface area (TPSA) is 49.6 Å². The molecule has 1 atom stereocenters. The number of carbonyl (C=O) groups is 1. The normalized spacial score (nSPS) is 21.1. The summed E-state index contributed by atoms with van der Waals surface area (Å²) in [5, 5.41) is 0. The van der Waals surface area contributed by atoms with Crippen LogP contribution in [0.4, 0.5) is 8.78 Å². The molecule has 5 nitrogen and oxygen atoms in total. The number of likely N-dealkylation sites (tertiary alicyclic amines) is 2. The summed E-state index contributed by atoms with van der Waals surface area (Å²) >= 11 is 0. The molecule has 2 aliphatic heterocycles. The fraction of sp³-hybridized carbons (Fsp3) is 0.545. The number of carbonyl (C=O) groups excluding carboxylic acids is 1. The predicted molar refractivity (Wildman–Crippen MR) is 104 cm³/mol. The van der Waals surface area contributed by atoms with Crippen molar-refractivity contribution in [2.24, 2.45) is 11.8 Å². The van der Waals surface area contributed by atoms with Gasteiger partial charge < -0.3 is 9.32 Å². The third-order valence-electron chi connectivity index (χ3n) is 6.40. The van der Waals surface area contributed by atoms with Crippen molar-refractivity contribution in [1.29, 1.82) is 0 Å². The minimum atomic E-state index is -0.786. The fourth-order valence-corrected chi connectivity index (χ4v) is 4.70. The molecule has 2 saturated heterocycles. The van der Waals surface area contributed by atoms with Crippen molar-refractivity contribution in [1.82, 2.24) is 14.8 Å². The standard InChI is InChI=1S/C22H27F2N3O2/c1-2-19-21(25-14-29-19)22(28)27-11-8-16(13-27)15-6-9-26(10-7-15)12-17-4-3-5-18(23)20(17)24/h3-5,14-16H,2,6-13H2,1H3/t16-/m1/s1. The Bertz CT molecular complexity index is 861. The first kappa shape index (κ1) is 20.0. The highest BCUT2D eigenvalue weighted by Crippen LogP contribution is 2.33. The smallest absolute Gasteiger partial charge is 0.276 e. The van der Waals surface area contributed by atoms with Crippen LogP contribution >= 0.6 is 0 Å². The van der Waals surface area contributed by atoms with Gasteiger partial charge in [-0.05, 0) is 50.3 Å². The Labute approximate surface area is 169 Å². The van der Waals surface area contributed by atoms with Gasteiger partial charge in [-0.25, -0.2) is 13.8 Å². The molecule has 0 bridgehead atoms. The highest BCUT2D eigenvalue weighted by molar-refractivity contribution is 5.93. The molecule has 0 radical (unpaired) electrons. The van der Waals surface area contributed by atoms with Crippen LogP contribution in [0.3, 0.4) is 0 Å². The van der Waals surface area contributed by atoms with Crippen molar-refractivity contribution in [3.8, 4) is 0 Å². The molecule has 0 spiro atoms. The molecule has 0 saturated carbocycles. The summed E-state index contributed by atoms with van der Waals surface area (Å²) in [4.78, 5) is 21.0. The van der Waals surface area contributed by atoms with Gasteiger partial charge >= 0.3 is 0 Å². The number of hydrogen-bond acceptors (Lipinski definition) is 4. The zero-order valence-corrected chi connectivity index (χ0v) is 16.7. The van der Waals surface area contributed by atoms with Crippen molar-refractivity contribution in [3.63, 3.8) is 0 Å². The quantitative estimate of drug-likeness (QED) is 0.760. The summed E-state index contributed by atoms with van der Waals surface area (Å²) in [6.07, 6.45) is 5.05. The van der Waals surface area contributed by atoms with E-state index in [2.05, 4.69) is 9.88 Å². The number of benzene rings is 1. The Kier molecular flexibility index (Phi) is 5.94. The van der Waals surface area contributed by atoms with Gasteiger partial charge in [-0.1, -0.05) is 19.1 Å². The van der Waals surface area contributed by atoms with E-state index in [0.29, 0.717) is 41.8 Å². The lowest BCUT2D eigenvalue weighted by molar-refractivity contribution is 0.0765. The molecule has 0 N–H and O–H groups in total. The minimum absolute atomic E-state index is 0.0304. The Hall–Kier alpha value is -2.28. The highest BCUT2D eigenvalue weighted by atomic mass is 19.2. The lowest BCUT2D eigenvalue weighted by Gasteiger charge is -2.34. The number of nitrogens with zero attached hydrogens (tertiary/aromatic N) is 3. The highest BCUT2D eigenvalue weighted by Gasteiger charge is 2.35. The molecule has 0 aliphatic carbocycles. The average molecular weight is 403 g/mol. The molecule has 0 unspecified atom stereocenters. The molecular weight excluding hydrogens is 376 g/mol. The number of halogens is 2. The van der Waals surface area contributed by atoms with Crippen molar-refractivity contribution in [2.45, 2.75) is 39.2 Å². The minimum Gasteiger partial charge on any atom is -0.448 e. The lowest BCUT2D eigenvalue weighted by atomic mass is 9.83. The molecule has 2 fully saturated rings. The van der Waals surface area contributed by atoms with Gasteiger partial charge in [-0.3, -0.25) is 9.69 Å². The van der Waals surface area contributed by atoms with Gasteiger partial charge in [0.05, 0.1) is 0 Å². The number of oxazole rings is 1. The number of aromatic nitrogens is 1. The van der Waals surface area contributed by atoms with E-state index in [1.165, 1.54) is 6.39 Å². The molecule has 1 aromatic heterocycles. The van der Waals surface area contributed by atoms with E-state index in [1.807, 2.05) is 11.8 Å². The van der Waals surface area contributed by atoms with Crippen LogP contribution < -0.4 is 0 Å². The van der Waals surface area contributed by atoms with E-state index in [0.717, 1.165) is 51.5 Å². The summed E-state index contributed by atoms with van der Waals surface area (Å²) < 4.78 is 32.6. The van der Waals surface area contributed by atoms with Crippen molar-refractivity contribution < 1.29 is 18.0 Å². The second-order valence-electron chi connectivity index (χ2n) is 8.10. The molecule has 2 aromatic rings. The molecule has 1 aromatic carbocycles. The van der Waals surface area contributed by atoms with Crippen molar-refractivity contribution in [2.75, 3.05) is 26.2 Å². The van der Waals surface area contributed by atoms with Gasteiger partial charge in [0.1, 0.15) is 5.76 Å². The Morgan fingerprint density at radius 1 is 1.17 bits per heavy atom. The van der Waals surface area contributed by atoms with Crippen LogP contribution in [0.25, 0.3) is 0 Å². The molecule has 29 heavy (non-hydrogen) atoms. The van der Waals surface area contributed by atoms with E-state index in [-0.39, 0.29) is 5.91 Å². The number of amides is 1. The first-order valence-corrected chi connectivity index (χ1v) is 10.4. The molecule has 3 heterocycles. The van der Waals surface area contributed by atoms with Crippen LogP contribution in [0, 0.1) is 23.5 Å². The van der Waals surface area contributed by atoms with Gasteiger partial charge in [0.15, 0.2) is 23.7 Å². The second-order valence-corrected chi connectivity index (χ2v) is 8.10. The van der Waals surface area contributed by atoms with Crippen LogP contribution in [-0.2, 0) is 13.0 Å². The lowest BCUT2D eigenvalue weighted by Crippen LogP contribution is -2.37. The van der Waals surface area contributed by atoms with Gasteiger partial charge in [0.25, 0.3) is 5.91 Å². The van der Waals surface area contributed by atoms with Crippen molar-refractivity contribution >= 4 is 5.91 Å². The van der Waals surface area contributed by atoms with Crippen LogP contribution in [-0.4, -0.2) is 46.9 Å². The monoisotopic (exact) mass is 403 g/mol.